The lowest BCUT2D eigenvalue weighted by Crippen LogP contribution is -2.12. The first kappa shape index (κ1) is 15.8. The van der Waals surface area contributed by atoms with Crippen molar-refractivity contribution in [3.63, 3.8) is 0 Å². The van der Waals surface area contributed by atoms with Gasteiger partial charge in [0.25, 0.3) is 5.91 Å². The Morgan fingerprint density at radius 1 is 1.24 bits per heavy atom. The Kier molecular flexibility index (Phi) is 5.19. The van der Waals surface area contributed by atoms with Gasteiger partial charge in [-0.1, -0.05) is 28.9 Å². The van der Waals surface area contributed by atoms with E-state index >= 15 is 0 Å². The van der Waals surface area contributed by atoms with Gasteiger partial charge >= 0.3 is 0 Å². The molecule has 0 fully saturated rings. The minimum absolute atomic E-state index is 0.246. The van der Waals surface area contributed by atoms with Crippen molar-refractivity contribution < 1.29 is 10.0 Å². The summed E-state index contributed by atoms with van der Waals surface area (Å²) in [5.74, 6) is -0.246. The molecule has 0 saturated carbocycles. The third-order valence-electron chi connectivity index (χ3n) is 2.87. The molecule has 21 heavy (non-hydrogen) atoms. The van der Waals surface area contributed by atoms with E-state index in [1.807, 2.05) is 0 Å². The van der Waals surface area contributed by atoms with Crippen molar-refractivity contribution in [2.75, 3.05) is 5.32 Å². The summed E-state index contributed by atoms with van der Waals surface area (Å²) in [5.41, 5.74) is 2.31. The van der Waals surface area contributed by atoms with Crippen molar-refractivity contribution in [2.45, 2.75) is 6.92 Å². The molecule has 2 aromatic rings. The number of anilines is 1. The number of nitrogens with one attached hydrogen (secondary N) is 1. The predicted molar refractivity (Wildman–Crippen MR) is 92.6 cm³/mol. The van der Waals surface area contributed by atoms with Crippen LogP contribution in [0.15, 0.2) is 47.6 Å². The van der Waals surface area contributed by atoms with Crippen LogP contribution >= 0.6 is 34.2 Å². The van der Waals surface area contributed by atoms with E-state index in [-0.39, 0.29) is 5.91 Å². The summed E-state index contributed by atoms with van der Waals surface area (Å²) < 4.78 is 0.891. The van der Waals surface area contributed by atoms with Crippen LogP contribution in [0.2, 0.25) is 5.02 Å². The highest BCUT2D eigenvalue weighted by atomic mass is 127. The molecule has 2 aromatic carbocycles. The van der Waals surface area contributed by atoms with Crippen LogP contribution in [0.4, 0.5) is 5.69 Å². The number of carbonyl (C=O) groups is 1. The number of nitrogens with zero attached hydrogens (tertiary/aromatic N) is 1. The van der Waals surface area contributed by atoms with Crippen molar-refractivity contribution in [1.29, 1.82) is 0 Å². The van der Waals surface area contributed by atoms with Gasteiger partial charge in [-0.3, -0.25) is 4.79 Å². The van der Waals surface area contributed by atoms with Crippen LogP contribution in [-0.2, 0) is 0 Å². The Hall–Kier alpha value is -1.60. The number of amides is 1. The first-order valence-electron chi connectivity index (χ1n) is 6.07. The molecule has 0 aromatic heterocycles. The summed E-state index contributed by atoms with van der Waals surface area (Å²) in [7, 11) is 0. The SMILES string of the molecule is C/C(=N/O)c1cccc(NC(=O)c2ccc(I)c(Cl)c2)c1. The zero-order valence-electron chi connectivity index (χ0n) is 11.1. The number of hydrogen-bond donors (Lipinski definition) is 2. The number of benzene rings is 2. The standard InChI is InChI=1S/C15H12ClIN2O2/c1-9(19-21)10-3-2-4-12(7-10)18-15(20)11-5-6-14(17)13(16)8-11/h2-8,21H,1H3,(H,18,20)/b19-9-. The van der Waals surface area contributed by atoms with Gasteiger partial charge in [-0.2, -0.15) is 0 Å². The van der Waals surface area contributed by atoms with Crippen molar-refractivity contribution in [3.8, 4) is 0 Å². The second kappa shape index (κ2) is 6.91. The van der Waals surface area contributed by atoms with E-state index in [2.05, 4.69) is 33.1 Å². The Labute approximate surface area is 141 Å². The molecule has 2 rings (SSSR count). The summed E-state index contributed by atoms with van der Waals surface area (Å²) >= 11 is 8.12. The van der Waals surface area contributed by atoms with Gasteiger partial charge in [0.1, 0.15) is 0 Å². The molecule has 0 bridgehead atoms. The Balaban J connectivity index is 2.21. The van der Waals surface area contributed by atoms with Gasteiger partial charge in [0.15, 0.2) is 0 Å². The van der Waals surface area contributed by atoms with E-state index in [0.717, 1.165) is 9.13 Å². The minimum atomic E-state index is -0.246. The molecule has 0 aliphatic rings. The first-order chi connectivity index (χ1) is 10.0. The van der Waals surface area contributed by atoms with Gasteiger partial charge in [-0.05, 0) is 59.8 Å². The quantitative estimate of drug-likeness (QED) is 0.338. The normalized spacial score (nSPS) is 11.3. The second-order valence-corrected chi connectivity index (χ2v) is 5.92. The van der Waals surface area contributed by atoms with E-state index in [9.17, 15) is 4.79 Å². The smallest absolute Gasteiger partial charge is 0.255 e. The molecule has 0 atom stereocenters. The number of carbonyl (C=O) groups excluding carboxylic acids is 1. The number of rotatable bonds is 3. The molecule has 0 radical (unpaired) electrons. The van der Waals surface area contributed by atoms with Crippen LogP contribution in [0.1, 0.15) is 22.8 Å². The highest BCUT2D eigenvalue weighted by Gasteiger charge is 2.09. The molecule has 2 N–H and O–H groups in total. The van der Waals surface area contributed by atoms with E-state index in [0.29, 0.717) is 22.0 Å². The zero-order chi connectivity index (χ0) is 15.4. The highest BCUT2D eigenvalue weighted by molar-refractivity contribution is 14.1. The Morgan fingerprint density at radius 3 is 2.67 bits per heavy atom. The summed E-state index contributed by atoms with van der Waals surface area (Å²) in [6.45, 7) is 1.68. The highest BCUT2D eigenvalue weighted by Crippen LogP contribution is 2.20. The summed E-state index contributed by atoms with van der Waals surface area (Å²) in [4.78, 5) is 12.2. The molecule has 0 heterocycles. The van der Waals surface area contributed by atoms with Crippen LogP contribution in [0.25, 0.3) is 0 Å². The first-order valence-corrected chi connectivity index (χ1v) is 7.52. The molecule has 0 spiro atoms. The van der Waals surface area contributed by atoms with Crippen molar-refractivity contribution in [3.05, 3.63) is 62.2 Å². The van der Waals surface area contributed by atoms with Gasteiger partial charge in [0.05, 0.1) is 10.7 Å². The lowest BCUT2D eigenvalue weighted by Gasteiger charge is -2.08. The van der Waals surface area contributed by atoms with Crippen molar-refractivity contribution in [2.24, 2.45) is 5.16 Å². The lowest BCUT2D eigenvalue weighted by atomic mass is 10.1. The largest absolute Gasteiger partial charge is 0.411 e. The maximum Gasteiger partial charge on any atom is 0.255 e. The fraction of sp³-hybridized carbons (Fsp3) is 0.0667. The second-order valence-electron chi connectivity index (χ2n) is 4.35. The summed E-state index contributed by atoms with van der Waals surface area (Å²) in [6, 6.07) is 12.2. The molecule has 4 nitrogen and oxygen atoms in total. The topological polar surface area (TPSA) is 61.7 Å². The van der Waals surface area contributed by atoms with Crippen molar-refractivity contribution >= 4 is 51.5 Å². The van der Waals surface area contributed by atoms with Gasteiger partial charge < -0.3 is 10.5 Å². The van der Waals surface area contributed by atoms with Crippen LogP contribution in [-0.4, -0.2) is 16.8 Å². The monoisotopic (exact) mass is 414 g/mol. The summed E-state index contributed by atoms with van der Waals surface area (Å²) in [5, 5.41) is 15.3. The van der Waals surface area contributed by atoms with Crippen LogP contribution < -0.4 is 5.32 Å². The molecular formula is C15H12ClIN2O2. The Morgan fingerprint density at radius 2 is 2.00 bits per heavy atom. The molecule has 6 heteroatoms. The lowest BCUT2D eigenvalue weighted by molar-refractivity contribution is 0.102. The van der Waals surface area contributed by atoms with Crippen LogP contribution in [0, 0.1) is 3.57 Å². The average molecular weight is 415 g/mol. The predicted octanol–water partition coefficient (Wildman–Crippen LogP) is 4.40. The molecular weight excluding hydrogens is 403 g/mol. The van der Waals surface area contributed by atoms with Gasteiger partial charge in [-0.15, -0.1) is 0 Å². The van der Waals surface area contributed by atoms with Crippen LogP contribution in [0.3, 0.4) is 0 Å². The van der Waals surface area contributed by atoms with E-state index in [4.69, 9.17) is 16.8 Å². The summed E-state index contributed by atoms with van der Waals surface area (Å²) in [6.07, 6.45) is 0. The van der Waals surface area contributed by atoms with E-state index < -0.39 is 0 Å². The number of oxime groups is 1. The molecule has 0 aliphatic carbocycles. The van der Waals surface area contributed by atoms with Crippen LogP contribution in [0.5, 0.6) is 0 Å². The number of hydrogen-bond acceptors (Lipinski definition) is 3. The molecule has 0 unspecified atom stereocenters. The Bertz CT molecular complexity index is 717. The molecule has 0 saturated heterocycles. The molecule has 108 valence electrons. The minimum Gasteiger partial charge on any atom is -0.411 e. The van der Waals surface area contributed by atoms with Gasteiger partial charge in [0.2, 0.25) is 0 Å². The fourth-order valence-electron chi connectivity index (χ4n) is 1.72. The maximum absolute atomic E-state index is 12.2. The third kappa shape index (κ3) is 3.95. The maximum atomic E-state index is 12.2. The van der Waals surface area contributed by atoms with Crippen molar-refractivity contribution in [1.82, 2.24) is 0 Å². The fourth-order valence-corrected chi connectivity index (χ4v) is 2.24. The van der Waals surface area contributed by atoms with E-state index in [1.54, 1.807) is 49.4 Å². The molecule has 0 aliphatic heterocycles. The number of halogens is 2. The van der Waals surface area contributed by atoms with Gasteiger partial charge in [0, 0.05) is 20.4 Å². The molecule has 1 amide bonds. The average Bonchev–Trinajstić information content (AvgIpc) is 2.49. The zero-order valence-corrected chi connectivity index (χ0v) is 14.0. The van der Waals surface area contributed by atoms with Gasteiger partial charge in [-0.25, -0.2) is 0 Å². The third-order valence-corrected chi connectivity index (χ3v) is 4.44. The van der Waals surface area contributed by atoms with E-state index in [1.165, 1.54) is 0 Å².